The van der Waals surface area contributed by atoms with E-state index in [2.05, 4.69) is 0 Å². The average molecular weight is 233 g/mol. The van der Waals surface area contributed by atoms with Gasteiger partial charge in [0.05, 0.1) is 6.61 Å². The molecule has 0 spiro atoms. The van der Waals surface area contributed by atoms with Gasteiger partial charge in [0.2, 0.25) is 0 Å². The van der Waals surface area contributed by atoms with Gasteiger partial charge in [-0.1, -0.05) is 0 Å². The summed E-state index contributed by atoms with van der Waals surface area (Å²) in [5.74, 6) is 3.07. The van der Waals surface area contributed by atoms with Crippen LogP contribution in [-0.2, 0) is 0 Å². The second-order valence-electron chi connectivity index (χ2n) is 5.31. The number of benzene rings is 1. The second-order valence-corrected chi connectivity index (χ2v) is 5.31. The third-order valence-electron chi connectivity index (χ3n) is 3.79. The zero-order valence-electron chi connectivity index (χ0n) is 9.93. The number of phenolic OH excluding ortho intramolecular Hbond substituents is 1. The van der Waals surface area contributed by atoms with Crippen LogP contribution in [0.25, 0.3) is 0 Å². The van der Waals surface area contributed by atoms with E-state index in [-0.39, 0.29) is 0 Å². The molecule has 92 valence electrons. The highest BCUT2D eigenvalue weighted by atomic mass is 16.5. The Morgan fingerprint density at radius 2 is 2.18 bits per heavy atom. The van der Waals surface area contributed by atoms with Gasteiger partial charge in [0, 0.05) is 5.56 Å². The SMILES string of the molecule is NC[C@@H]1C[C@H]1c1cc(O)ccc1OCC1CC1. The van der Waals surface area contributed by atoms with E-state index in [1.165, 1.54) is 12.8 Å². The lowest BCUT2D eigenvalue weighted by molar-refractivity contribution is 0.296. The molecular formula is C14H19NO2. The predicted octanol–water partition coefficient (Wildman–Crippen LogP) is 2.24. The van der Waals surface area contributed by atoms with Crippen molar-refractivity contribution in [1.82, 2.24) is 0 Å². The zero-order valence-corrected chi connectivity index (χ0v) is 9.93. The first-order valence-corrected chi connectivity index (χ1v) is 6.43. The Morgan fingerprint density at radius 3 is 2.82 bits per heavy atom. The van der Waals surface area contributed by atoms with Crippen LogP contribution in [0.2, 0.25) is 0 Å². The summed E-state index contributed by atoms with van der Waals surface area (Å²) < 4.78 is 5.86. The molecule has 0 bridgehead atoms. The maximum absolute atomic E-state index is 9.58. The normalized spacial score (nSPS) is 26.9. The largest absolute Gasteiger partial charge is 0.508 e. The minimum absolute atomic E-state index is 0.321. The molecule has 2 aliphatic carbocycles. The first-order valence-electron chi connectivity index (χ1n) is 6.43. The molecule has 17 heavy (non-hydrogen) atoms. The van der Waals surface area contributed by atoms with E-state index in [9.17, 15) is 5.11 Å². The molecule has 3 rings (SSSR count). The number of aromatic hydroxyl groups is 1. The molecule has 3 nitrogen and oxygen atoms in total. The van der Waals surface area contributed by atoms with Crippen LogP contribution in [0.15, 0.2) is 18.2 Å². The molecule has 1 aromatic carbocycles. The Labute approximate surface area is 102 Å². The minimum atomic E-state index is 0.321. The number of ether oxygens (including phenoxy) is 1. The van der Waals surface area contributed by atoms with Gasteiger partial charge in [-0.05, 0) is 61.8 Å². The molecule has 2 atom stereocenters. The Kier molecular flexibility index (Phi) is 2.71. The summed E-state index contributed by atoms with van der Waals surface area (Å²) in [5, 5.41) is 9.58. The van der Waals surface area contributed by atoms with E-state index < -0.39 is 0 Å². The van der Waals surface area contributed by atoms with Gasteiger partial charge in [0.25, 0.3) is 0 Å². The number of hydrogen-bond acceptors (Lipinski definition) is 3. The van der Waals surface area contributed by atoms with Gasteiger partial charge in [-0.3, -0.25) is 0 Å². The number of phenols is 1. The van der Waals surface area contributed by atoms with Crippen molar-refractivity contribution in [1.29, 1.82) is 0 Å². The summed E-state index contributed by atoms with van der Waals surface area (Å²) in [6.07, 6.45) is 3.71. The number of nitrogens with two attached hydrogens (primary N) is 1. The quantitative estimate of drug-likeness (QED) is 0.820. The van der Waals surface area contributed by atoms with Crippen LogP contribution < -0.4 is 10.5 Å². The van der Waals surface area contributed by atoms with E-state index >= 15 is 0 Å². The Bertz CT molecular complexity index is 415. The molecule has 1 aromatic rings. The molecule has 0 heterocycles. The summed E-state index contributed by atoms with van der Waals surface area (Å²) in [7, 11) is 0. The maximum Gasteiger partial charge on any atom is 0.123 e. The van der Waals surface area contributed by atoms with E-state index in [0.717, 1.165) is 36.8 Å². The highest BCUT2D eigenvalue weighted by Crippen LogP contribution is 2.50. The Morgan fingerprint density at radius 1 is 1.35 bits per heavy atom. The lowest BCUT2D eigenvalue weighted by Crippen LogP contribution is -2.04. The van der Waals surface area contributed by atoms with Crippen LogP contribution in [0.5, 0.6) is 11.5 Å². The van der Waals surface area contributed by atoms with Gasteiger partial charge in [-0.15, -0.1) is 0 Å². The summed E-state index contributed by atoms with van der Waals surface area (Å²) in [6.45, 7) is 1.54. The Balaban J connectivity index is 1.75. The molecule has 0 radical (unpaired) electrons. The van der Waals surface area contributed by atoms with Crippen molar-refractivity contribution in [3.05, 3.63) is 23.8 Å². The monoisotopic (exact) mass is 233 g/mol. The van der Waals surface area contributed by atoms with Crippen LogP contribution in [0.1, 0.15) is 30.7 Å². The molecule has 2 aliphatic rings. The lowest BCUT2D eigenvalue weighted by atomic mass is 10.1. The molecular weight excluding hydrogens is 214 g/mol. The molecule has 2 saturated carbocycles. The topological polar surface area (TPSA) is 55.5 Å². The lowest BCUT2D eigenvalue weighted by Gasteiger charge is -2.11. The molecule has 3 N–H and O–H groups in total. The van der Waals surface area contributed by atoms with Gasteiger partial charge in [-0.25, -0.2) is 0 Å². The van der Waals surface area contributed by atoms with Crippen molar-refractivity contribution >= 4 is 0 Å². The van der Waals surface area contributed by atoms with Crippen molar-refractivity contribution in [2.24, 2.45) is 17.6 Å². The summed E-state index contributed by atoms with van der Waals surface area (Å²) in [6, 6.07) is 5.42. The van der Waals surface area contributed by atoms with Gasteiger partial charge in [0.15, 0.2) is 0 Å². The van der Waals surface area contributed by atoms with Gasteiger partial charge in [0.1, 0.15) is 11.5 Å². The molecule has 0 aromatic heterocycles. The summed E-state index contributed by atoms with van der Waals surface area (Å²) in [4.78, 5) is 0. The second kappa shape index (κ2) is 4.22. The van der Waals surface area contributed by atoms with Gasteiger partial charge in [-0.2, -0.15) is 0 Å². The molecule has 3 heteroatoms. The van der Waals surface area contributed by atoms with Gasteiger partial charge < -0.3 is 15.6 Å². The van der Waals surface area contributed by atoms with Crippen LogP contribution in [0.4, 0.5) is 0 Å². The fourth-order valence-electron chi connectivity index (χ4n) is 2.34. The third kappa shape index (κ3) is 2.39. The highest BCUT2D eigenvalue weighted by Gasteiger charge is 2.39. The van der Waals surface area contributed by atoms with E-state index in [1.807, 2.05) is 12.1 Å². The zero-order chi connectivity index (χ0) is 11.8. The van der Waals surface area contributed by atoms with Crippen molar-refractivity contribution in [3.63, 3.8) is 0 Å². The minimum Gasteiger partial charge on any atom is -0.508 e. The predicted molar refractivity (Wildman–Crippen MR) is 66.2 cm³/mol. The van der Waals surface area contributed by atoms with E-state index in [0.29, 0.717) is 17.6 Å². The molecule has 0 amide bonds. The molecule has 0 saturated heterocycles. The average Bonchev–Trinajstić information content (AvgIpc) is 3.21. The fraction of sp³-hybridized carbons (Fsp3) is 0.571. The molecule has 0 unspecified atom stereocenters. The summed E-state index contributed by atoms with van der Waals surface area (Å²) >= 11 is 0. The van der Waals surface area contributed by atoms with Crippen LogP contribution >= 0.6 is 0 Å². The smallest absolute Gasteiger partial charge is 0.123 e. The molecule has 2 fully saturated rings. The first kappa shape index (κ1) is 10.9. The number of rotatable bonds is 5. The van der Waals surface area contributed by atoms with E-state index in [1.54, 1.807) is 6.07 Å². The standard InChI is InChI=1S/C14H19NO2/c15-7-10-5-12(10)13-6-11(16)3-4-14(13)17-8-9-1-2-9/h3-4,6,9-10,12,16H,1-2,5,7-8,15H2/t10-,12+/m0/s1. The first-order chi connectivity index (χ1) is 8.28. The third-order valence-corrected chi connectivity index (χ3v) is 3.79. The van der Waals surface area contributed by atoms with E-state index in [4.69, 9.17) is 10.5 Å². The van der Waals surface area contributed by atoms with Crippen molar-refractivity contribution in [2.75, 3.05) is 13.2 Å². The van der Waals surface area contributed by atoms with Crippen molar-refractivity contribution in [3.8, 4) is 11.5 Å². The van der Waals surface area contributed by atoms with Crippen LogP contribution in [0.3, 0.4) is 0 Å². The van der Waals surface area contributed by atoms with Crippen molar-refractivity contribution < 1.29 is 9.84 Å². The highest BCUT2D eigenvalue weighted by molar-refractivity contribution is 5.44. The molecule has 0 aliphatic heterocycles. The van der Waals surface area contributed by atoms with Crippen LogP contribution in [0, 0.1) is 11.8 Å². The van der Waals surface area contributed by atoms with Gasteiger partial charge >= 0.3 is 0 Å². The van der Waals surface area contributed by atoms with Crippen molar-refractivity contribution in [2.45, 2.75) is 25.2 Å². The van der Waals surface area contributed by atoms with Crippen LogP contribution in [-0.4, -0.2) is 18.3 Å². The number of hydrogen-bond donors (Lipinski definition) is 2. The Hall–Kier alpha value is -1.22. The fourth-order valence-corrected chi connectivity index (χ4v) is 2.34. The summed E-state index contributed by atoms with van der Waals surface area (Å²) in [5.41, 5.74) is 6.82. The maximum atomic E-state index is 9.58.